The van der Waals surface area contributed by atoms with Crippen LogP contribution in [0.3, 0.4) is 0 Å². The minimum Gasteiger partial charge on any atom is -0.454 e. The quantitative estimate of drug-likeness (QED) is 0.708. The topological polar surface area (TPSA) is 131 Å². The Labute approximate surface area is 178 Å². The Morgan fingerprint density at radius 2 is 1.77 bits per heavy atom. The number of carbonyl (C=O) groups excluding carboxylic acids is 3. The zero-order chi connectivity index (χ0) is 22.2. The number of sulfonamides is 1. The molecule has 11 heteroatoms. The van der Waals surface area contributed by atoms with Gasteiger partial charge in [-0.25, -0.2) is 13.1 Å². The monoisotopic (exact) mass is 445 g/mol. The molecule has 1 atom stereocenters. The molecule has 1 fully saturated rings. The lowest BCUT2D eigenvalue weighted by Crippen LogP contribution is -2.28. The summed E-state index contributed by atoms with van der Waals surface area (Å²) in [5, 5.41) is 2.69. The van der Waals surface area contributed by atoms with Crippen molar-refractivity contribution in [3.8, 4) is 11.5 Å². The maximum Gasteiger partial charge on any atom is 0.264 e. The van der Waals surface area contributed by atoms with Gasteiger partial charge in [-0.15, -0.1) is 0 Å². The molecule has 10 nitrogen and oxygen atoms in total. The number of ether oxygens (including phenoxy) is 2. The van der Waals surface area contributed by atoms with E-state index in [0.29, 0.717) is 22.9 Å². The molecule has 4 rings (SSSR count). The van der Waals surface area contributed by atoms with Gasteiger partial charge >= 0.3 is 0 Å². The predicted molar refractivity (Wildman–Crippen MR) is 109 cm³/mol. The van der Waals surface area contributed by atoms with Crippen LogP contribution in [0.5, 0.6) is 11.5 Å². The first-order chi connectivity index (χ1) is 14.7. The molecule has 2 N–H and O–H groups in total. The second kappa shape index (κ2) is 7.91. The van der Waals surface area contributed by atoms with Crippen LogP contribution in [0.25, 0.3) is 0 Å². The van der Waals surface area contributed by atoms with Crippen molar-refractivity contribution in [2.45, 2.75) is 18.2 Å². The van der Waals surface area contributed by atoms with Crippen LogP contribution in [0.2, 0.25) is 0 Å². The third kappa shape index (κ3) is 4.31. The molecule has 1 saturated heterocycles. The molecule has 0 spiro atoms. The van der Waals surface area contributed by atoms with Crippen molar-refractivity contribution in [2.24, 2.45) is 5.92 Å². The Morgan fingerprint density at radius 1 is 1.06 bits per heavy atom. The van der Waals surface area contributed by atoms with Crippen LogP contribution in [0.1, 0.15) is 13.3 Å². The van der Waals surface area contributed by atoms with E-state index in [-0.39, 0.29) is 36.5 Å². The molecular weight excluding hydrogens is 426 g/mol. The second-order valence-electron chi connectivity index (χ2n) is 7.12. The standard InChI is InChI=1S/C20H19N3O7S/c1-12(24)22-31(27,28)16-5-2-14(3-6-16)21-20(26)13-8-19(25)23(10-13)15-4-7-17-18(9-15)30-11-29-17/h2-7,9,13H,8,10-11H2,1H3,(H,21,26)(H,22,24). The lowest BCUT2D eigenvalue weighted by atomic mass is 10.1. The SMILES string of the molecule is CC(=O)NS(=O)(=O)c1ccc(NC(=O)C2CC(=O)N(c3ccc4c(c3)OCO4)C2)cc1. The molecule has 162 valence electrons. The number of benzene rings is 2. The molecule has 2 aromatic rings. The van der Waals surface area contributed by atoms with Gasteiger partial charge in [-0.2, -0.15) is 0 Å². The van der Waals surface area contributed by atoms with Crippen LogP contribution < -0.4 is 24.4 Å². The molecule has 3 amide bonds. The van der Waals surface area contributed by atoms with Gasteiger partial charge in [-0.1, -0.05) is 0 Å². The molecule has 2 aliphatic heterocycles. The van der Waals surface area contributed by atoms with Gasteiger partial charge < -0.3 is 19.7 Å². The summed E-state index contributed by atoms with van der Waals surface area (Å²) in [6.45, 7) is 1.43. The summed E-state index contributed by atoms with van der Waals surface area (Å²) < 4.78 is 36.4. The average Bonchev–Trinajstić information content (AvgIpc) is 3.33. The minimum atomic E-state index is -3.95. The highest BCUT2D eigenvalue weighted by molar-refractivity contribution is 7.90. The summed E-state index contributed by atoms with van der Waals surface area (Å²) in [5.41, 5.74) is 0.998. The Bertz CT molecular complexity index is 1160. The lowest BCUT2D eigenvalue weighted by Gasteiger charge is -2.17. The average molecular weight is 445 g/mol. The van der Waals surface area contributed by atoms with Crippen LogP contribution in [0.4, 0.5) is 11.4 Å². The minimum absolute atomic E-state index is 0.0509. The van der Waals surface area contributed by atoms with Gasteiger partial charge in [-0.05, 0) is 36.4 Å². The molecule has 31 heavy (non-hydrogen) atoms. The molecule has 0 aromatic heterocycles. The van der Waals surface area contributed by atoms with Crippen molar-refractivity contribution in [3.05, 3.63) is 42.5 Å². The summed E-state index contributed by atoms with van der Waals surface area (Å²) in [5.74, 6) is -0.651. The van der Waals surface area contributed by atoms with E-state index in [4.69, 9.17) is 9.47 Å². The lowest BCUT2D eigenvalue weighted by molar-refractivity contribution is -0.122. The van der Waals surface area contributed by atoms with E-state index in [1.165, 1.54) is 29.2 Å². The van der Waals surface area contributed by atoms with Crippen LogP contribution in [0.15, 0.2) is 47.4 Å². The van der Waals surface area contributed by atoms with Crippen LogP contribution in [0, 0.1) is 5.92 Å². The van der Waals surface area contributed by atoms with E-state index >= 15 is 0 Å². The molecule has 2 heterocycles. The number of carbonyl (C=O) groups is 3. The van der Waals surface area contributed by atoms with Crippen molar-refractivity contribution in [2.75, 3.05) is 23.6 Å². The third-order valence-corrected chi connectivity index (χ3v) is 6.32. The summed E-state index contributed by atoms with van der Waals surface area (Å²) >= 11 is 0. The molecule has 2 aromatic carbocycles. The fraction of sp³-hybridized carbons (Fsp3) is 0.250. The predicted octanol–water partition coefficient (Wildman–Crippen LogP) is 1.23. The molecule has 0 aliphatic carbocycles. The Balaban J connectivity index is 1.41. The van der Waals surface area contributed by atoms with Gasteiger partial charge in [-0.3, -0.25) is 14.4 Å². The van der Waals surface area contributed by atoms with Gasteiger partial charge in [0.25, 0.3) is 10.0 Å². The first kappa shape index (κ1) is 20.7. The maximum atomic E-state index is 12.6. The highest BCUT2D eigenvalue weighted by Gasteiger charge is 2.35. The van der Waals surface area contributed by atoms with E-state index < -0.39 is 21.8 Å². The van der Waals surface area contributed by atoms with Crippen molar-refractivity contribution in [1.82, 2.24) is 4.72 Å². The van der Waals surface area contributed by atoms with E-state index in [1.54, 1.807) is 18.2 Å². The fourth-order valence-corrected chi connectivity index (χ4v) is 4.39. The second-order valence-corrected chi connectivity index (χ2v) is 8.80. The fourth-order valence-electron chi connectivity index (χ4n) is 3.40. The third-order valence-electron chi connectivity index (χ3n) is 4.87. The number of nitrogens with zero attached hydrogens (tertiary/aromatic N) is 1. The number of nitrogens with one attached hydrogen (secondary N) is 2. The summed E-state index contributed by atoms with van der Waals surface area (Å²) in [7, 11) is -3.95. The van der Waals surface area contributed by atoms with Crippen molar-refractivity contribution >= 4 is 39.1 Å². The van der Waals surface area contributed by atoms with Gasteiger partial charge in [0, 0.05) is 37.3 Å². The summed E-state index contributed by atoms with van der Waals surface area (Å²) in [6, 6.07) is 10.5. The number of hydrogen-bond donors (Lipinski definition) is 2. The van der Waals surface area contributed by atoms with Gasteiger partial charge in [0.05, 0.1) is 10.8 Å². The first-order valence-corrected chi connectivity index (χ1v) is 10.9. The van der Waals surface area contributed by atoms with Crippen LogP contribution in [-0.4, -0.2) is 39.5 Å². The number of anilines is 2. The van der Waals surface area contributed by atoms with Gasteiger partial charge in [0.1, 0.15) is 0 Å². The molecular formula is C20H19N3O7S. The highest BCUT2D eigenvalue weighted by atomic mass is 32.2. The number of rotatable bonds is 5. The van der Waals surface area contributed by atoms with Crippen LogP contribution in [-0.2, 0) is 24.4 Å². The maximum absolute atomic E-state index is 12.6. The zero-order valence-electron chi connectivity index (χ0n) is 16.5. The summed E-state index contributed by atoms with van der Waals surface area (Å²) in [4.78, 5) is 37.5. The van der Waals surface area contributed by atoms with Crippen molar-refractivity contribution in [3.63, 3.8) is 0 Å². The molecule has 2 aliphatic rings. The Hall–Kier alpha value is -3.60. The molecule has 0 saturated carbocycles. The number of hydrogen-bond acceptors (Lipinski definition) is 7. The normalized spacial score (nSPS) is 17.5. The van der Waals surface area contributed by atoms with Crippen molar-refractivity contribution < 1.29 is 32.3 Å². The van der Waals surface area contributed by atoms with E-state index in [9.17, 15) is 22.8 Å². The largest absolute Gasteiger partial charge is 0.454 e. The van der Waals surface area contributed by atoms with Crippen molar-refractivity contribution in [1.29, 1.82) is 0 Å². The Morgan fingerprint density at radius 3 is 2.48 bits per heavy atom. The van der Waals surface area contributed by atoms with Gasteiger partial charge in [0.15, 0.2) is 11.5 Å². The summed E-state index contributed by atoms with van der Waals surface area (Å²) in [6.07, 6.45) is 0.0509. The van der Waals surface area contributed by atoms with Gasteiger partial charge in [0.2, 0.25) is 24.5 Å². The number of amides is 3. The highest BCUT2D eigenvalue weighted by Crippen LogP contribution is 2.37. The van der Waals surface area contributed by atoms with E-state index in [0.717, 1.165) is 6.92 Å². The van der Waals surface area contributed by atoms with Crippen LogP contribution >= 0.6 is 0 Å². The van der Waals surface area contributed by atoms with E-state index in [2.05, 4.69) is 5.32 Å². The molecule has 0 radical (unpaired) electrons. The number of fused-ring (bicyclic) bond motifs is 1. The first-order valence-electron chi connectivity index (χ1n) is 9.37. The zero-order valence-corrected chi connectivity index (χ0v) is 17.3. The smallest absolute Gasteiger partial charge is 0.264 e. The van der Waals surface area contributed by atoms with E-state index in [1.807, 2.05) is 4.72 Å². The Kier molecular flexibility index (Phi) is 5.27. The molecule has 0 bridgehead atoms. The molecule has 1 unspecified atom stereocenters.